The van der Waals surface area contributed by atoms with E-state index < -0.39 is 0 Å². The molecule has 4 heteroatoms. The molecule has 2 rings (SSSR count). The molecule has 1 N–H and O–H groups in total. The first-order valence-electron chi connectivity index (χ1n) is 6.35. The highest BCUT2D eigenvalue weighted by Crippen LogP contribution is 2.12. The van der Waals surface area contributed by atoms with Crippen molar-refractivity contribution in [3.8, 4) is 5.75 Å². The molecule has 0 bridgehead atoms. The van der Waals surface area contributed by atoms with E-state index in [1.165, 1.54) is 0 Å². The second-order valence-electron chi connectivity index (χ2n) is 4.39. The van der Waals surface area contributed by atoms with Gasteiger partial charge in [0.15, 0.2) is 0 Å². The van der Waals surface area contributed by atoms with Crippen LogP contribution in [-0.2, 0) is 6.54 Å². The third-order valence-electron chi connectivity index (χ3n) is 2.95. The van der Waals surface area contributed by atoms with Crippen LogP contribution >= 0.6 is 11.6 Å². The van der Waals surface area contributed by atoms with Crippen LogP contribution in [0.1, 0.15) is 18.1 Å². The van der Waals surface area contributed by atoms with E-state index in [1.807, 2.05) is 55.5 Å². The van der Waals surface area contributed by atoms with Crippen LogP contribution in [0.15, 0.2) is 53.6 Å². The molecule has 20 heavy (non-hydrogen) atoms. The smallest absolute Gasteiger partial charge is 0.118 e. The van der Waals surface area contributed by atoms with Crippen LogP contribution in [0.25, 0.3) is 0 Å². The van der Waals surface area contributed by atoms with Crippen LogP contribution in [0.5, 0.6) is 5.75 Å². The highest BCUT2D eigenvalue weighted by Gasteiger charge is 1.98. The van der Waals surface area contributed by atoms with E-state index in [4.69, 9.17) is 16.3 Å². The summed E-state index contributed by atoms with van der Waals surface area (Å²) >= 11 is 5.84. The molecule has 2 aromatic carbocycles. The lowest BCUT2D eigenvalue weighted by atomic mass is 10.1. The number of halogens is 1. The Morgan fingerprint density at radius 3 is 2.35 bits per heavy atom. The molecule has 0 unspecified atom stereocenters. The van der Waals surface area contributed by atoms with E-state index >= 15 is 0 Å². The standard InChI is InChI=1S/C16H17ClN2O/c1-12(14-5-9-16(20-2)10-6-14)19-18-11-13-3-7-15(17)8-4-13/h3-10,18H,11H2,1-2H3/b19-12-. The second-order valence-corrected chi connectivity index (χ2v) is 4.82. The van der Waals surface area contributed by atoms with E-state index in [1.54, 1.807) is 7.11 Å². The summed E-state index contributed by atoms with van der Waals surface area (Å²) in [5.41, 5.74) is 6.20. The molecule has 0 radical (unpaired) electrons. The van der Waals surface area contributed by atoms with Crippen molar-refractivity contribution >= 4 is 17.3 Å². The molecule has 0 aliphatic rings. The molecular formula is C16H17ClN2O. The highest BCUT2D eigenvalue weighted by atomic mass is 35.5. The number of hydrogen-bond acceptors (Lipinski definition) is 3. The first-order valence-corrected chi connectivity index (χ1v) is 6.73. The zero-order chi connectivity index (χ0) is 14.4. The Bertz CT molecular complexity index is 576. The predicted molar refractivity (Wildman–Crippen MR) is 83.5 cm³/mol. The summed E-state index contributed by atoms with van der Waals surface area (Å²) in [5.74, 6) is 0.843. The number of rotatable bonds is 5. The number of ether oxygens (including phenoxy) is 1. The SMILES string of the molecule is COc1ccc(/C(C)=N\NCc2ccc(Cl)cc2)cc1. The third-order valence-corrected chi connectivity index (χ3v) is 3.20. The first-order chi connectivity index (χ1) is 9.69. The molecule has 3 nitrogen and oxygen atoms in total. The lowest BCUT2D eigenvalue weighted by molar-refractivity contribution is 0.415. The molecule has 0 fully saturated rings. The summed E-state index contributed by atoms with van der Waals surface area (Å²) in [6, 6.07) is 15.5. The van der Waals surface area contributed by atoms with Crippen molar-refractivity contribution < 1.29 is 4.74 Å². The lowest BCUT2D eigenvalue weighted by Crippen LogP contribution is -2.09. The van der Waals surface area contributed by atoms with Crippen molar-refractivity contribution in [1.82, 2.24) is 5.43 Å². The van der Waals surface area contributed by atoms with Gasteiger partial charge in [-0.1, -0.05) is 23.7 Å². The zero-order valence-electron chi connectivity index (χ0n) is 11.6. The molecule has 0 aromatic heterocycles. The fraction of sp³-hybridized carbons (Fsp3) is 0.188. The topological polar surface area (TPSA) is 33.6 Å². The fourth-order valence-electron chi connectivity index (χ4n) is 1.75. The van der Waals surface area contributed by atoms with E-state index in [0.29, 0.717) is 6.54 Å². The van der Waals surface area contributed by atoms with Gasteiger partial charge < -0.3 is 10.2 Å². The van der Waals surface area contributed by atoms with Crippen molar-refractivity contribution in [3.63, 3.8) is 0 Å². The Morgan fingerprint density at radius 1 is 1.10 bits per heavy atom. The van der Waals surface area contributed by atoms with E-state index in [-0.39, 0.29) is 0 Å². The highest BCUT2D eigenvalue weighted by molar-refractivity contribution is 6.30. The summed E-state index contributed by atoms with van der Waals surface area (Å²) in [4.78, 5) is 0. The van der Waals surface area contributed by atoms with E-state index in [2.05, 4.69) is 10.5 Å². The van der Waals surface area contributed by atoms with Crippen molar-refractivity contribution in [2.24, 2.45) is 5.10 Å². The number of nitrogens with zero attached hydrogens (tertiary/aromatic N) is 1. The largest absolute Gasteiger partial charge is 0.497 e. The molecule has 0 aliphatic heterocycles. The first kappa shape index (κ1) is 14.4. The summed E-state index contributed by atoms with van der Waals surface area (Å²) in [5, 5.41) is 5.10. The molecule has 0 saturated carbocycles. The number of benzene rings is 2. The average Bonchev–Trinajstić information content (AvgIpc) is 2.49. The number of methoxy groups -OCH3 is 1. The van der Waals surface area contributed by atoms with Crippen LogP contribution in [-0.4, -0.2) is 12.8 Å². The molecule has 2 aromatic rings. The van der Waals surface area contributed by atoms with Gasteiger partial charge in [0.2, 0.25) is 0 Å². The molecular weight excluding hydrogens is 272 g/mol. The van der Waals surface area contributed by atoms with Gasteiger partial charge in [0.25, 0.3) is 0 Å². The number of nitrogens with one attached hydrogen (secondary N) is 1. The Labute approximate surface area is 124 Å². The monoisotopic (exact) mass is 288 g/mol. The lowest BCUT2D eigenvalue weighted by Gasteiger charge is -2.05. The Hall–Kier alpha value is -2.00. The van der Waals surface area contributed by atoms with E-state index in [0.717, 1.165) is 27.6 Å². The molecule has 0 heterocycles. The van der Waals surface area contributed by atoms with Crippen LogP contribution in [0.3, 0.4) is 0 Å². The summed E-state index contributed by atoms with van der Waals surface area (Å²) < 4.78 is 5.13. The summed E-state index contributed by atoms with van der Waals surface area (Å²) in [6.45, 7) is 2.64. The fourth-order valence-corrected chi connectivity index (χ4v) is 1.87. The van der Waals surface area contributed by atoms with Crippen LogP contribution in [0, 0.1) is 0 Å². The third kappa shape index (κ3) is 4.00. The normalized spacial score (nSPS) is 11.2. The number of hydrogen-bond donors (Lipinski definition) is 1. The van der Waals surface area contributed by atoms with Gasteiger partial charge >= 0.3 is 0 Å². The summed E-state index contributed by atoms with van der Waals surface area (Å²) in [7, 11) is 1.66. The summed E-state index contributed by atoms with van der Waals surface area (Å²) in [6.07, 6.45) is 0. The van der Waals surface area contributed by atoms with Crippen LogP contribution in [0.2, 0.25) is 5.02 Å². The van der Waals surface area contributed by atoms with Crippen LogP contribution < -0.4 is 10.2 Å². The number of hydrazone groups is 1. The maximum Gasteiger partial charge on any atom is 0.118 e. The molecule has 0 spiro atoms. The van der Waals surface area contributed by atoms with E-state index in [9.17, 15) is 0 Å². The average molecular weight is 289 g/mol. The predicted octanol–water partition coefficient (Wildman–Crippen LogP) is 3.86. The maximum absolute atomic E-state index is 5.84. The minimum Gasteiger partial charge on any atom is -0.497 e. The van der Waals surface area contributed by atoms with Crippen molar-refractivity contribution in [2.75, 3.05) is 7.11 Å². The van der Waals surface area contributed by atoms with Gasteiger partial charge in [-0.3, -0.25) is 0 Å². The molecule has 0 amide bonds. The van der Waals surface area contributed by atoms with Crippen molar-refractivity contribution in [3.05, 3.63) is 64.7 Å². The second kappa shape index (κ2) is 6.96. The maximum atomic E-state index is 5.84. The quantitative estimate of drug-likeness (QED) is 0.669. The van der Waals surface area contributed by atoms with Gasteiger partial charge in [-0.15, -0.1) is 0 Å². The molecule has 0 saturated heterocycles. The van der Waals surface area contributed by atoms with Gasteiger partial charge in [0.05, 0.1) is 19.4 Å². The molecule has 104 valence electrons. The van der Waals surface area contributed by atoms with Gasteiger partial charge in [0, 0.05) is 5.02 Å². The van der Waals surface area contributed by atoms with Crippen molar-refractivity contribution in [1.29, 1.82) is 0 Å². The Balaban J connectivity index is 1.94. The molecule has 0 atom stereocenters. The van der Waals surface area contributed by atoms with Crippen LogP contribution in [0.4, 0.5) is 0 Å². The molecule has 0 aliphatic carbocycles. The van der Waals surface area contributed by atoms with Gasteiger partial charge in [0.1, 0.15) is 5.75 Å². The van der Waals surface area contributed by atoms with Gasteiger partial charge in [-0.05, 0) is 54.4 Å². The Kier molecular flexibility index (Phi) is 5.02. The Morgan fingerprint density at radius 2 is 1.75 bits per heavy atom. The van der Waals surface area contributed by atoms with Crippen molar-refractivity contribution in [2.45, 2.75) is 13.5 Å². The van der Waals surface area contributed by atoms with Gasteiger partial charge in [-0.2, -0.15) is 5.10 Å². The minimum absolute atomic E-state index is 0.671. The van der Waals surface area contributed by atoms with Gasteiger partial charge in [-0.25, -0.2) is 0 Å². The zero-order valence-corrected chi connectivity index (χ0v) is 12.3. The minimum atomic E-state index is 0.671.